The molecule has 2 heteroatoms. The first-order valence-corrected chi connectivity index (χ1v) is 6.56. The number of rotatable bonds is 5. The van der Waals surface area contributed by atoms with Gasteiger partial charge in [0.25, 0.3) is 0 Å². The van der Waals surface area contributed by atoms with Crippen LogP contribution in [0.5, 0.6) is 0 Å². The highest BCUT2D eigenvalue weighted by Gasteiger charge is 2.14. The molecule has 1 fully saturated rings. The first kappa shape index (κ1) is 12.3. The van der Waals surface area contributed by atoms with Crippen LogP contribution in [0.25, 0.3) is 0 Å². The molecule has 2 rings (SSSR count). The number of carbonyl (C=O) groups excluding carboxylic acids is 1. The van der Waals surface area contributed by atoms with Gasteiger partial charge in [-0.1, -0.05) is 30.3 Å². The van der Waals surface area contributed by atoms with Gasteiger partial charge in [-0.15, -0.1) is 0 Å². The number of hydrogen-bond acceptors (Lipinski definition) is 2. The Kier molecular flexibility index (Phi) is 4.75. The molecule has 1 saturated heterocycles. The second-order valence-corrected chi connectivity index (χ2v) is 4.67. The fourth-order valence-electron chi connectivity index (χ4n) is 2.29. The summed E-state index contributed by atoms with van der Waals surface area (Å²) in [7, 11) is 0. The topological polar surface area (TPSA) is 26.3 Å². The molecule has 0 radical (unpaired) electrons. The van der Waals surface area contributed by atoms with Gasteiger partial charge >= 0.3 is 0 Å². The van der Waals surface area contributed by atoms with Crippen LogP contribution >= 0.6 is 0 Å². The Labute approximate surface area is 103 Å². The lowest BCUT2D eigenvalue weighted by Gasteiger charge is -2.22. The molecule has 17 heavy (non-hydrogen) atoms. The number of ether oxygens (including phenoxy) is 1. The second-order valence-electron chi connectivity index (χ2n) is 4.67. The molecule has 1 heterocycles. The van der Waals surface area contributed by atoms with Crippen LogP contribution in [0.2, 0.25) is 0 Å². The Bertz CT molecular complexity index is 339. The first-order chi connectivity index (χ1) is 8.36. The van der Waals surface area contributed by atoms with E-state index in [1.165, 1.54) is 19.3 Å². The van der Waals surface area contributed by atoms with E-state index in [2.05, 4.69) is 0 Å². The Morgan fingerprint density at radius 2 is 2.06 bits per heavy atom. The molecular formula is C15H20O2. The predicted molar refractivity (Wildman–Crippen MR) is 68.2 cm³/mol. The van der Waals surface area contributed by atoms with Crippen LogP contribution < -0.4 is 0 Å². The van der Waals surface area contributed by atoms with Crippen molar-refractivity contribution >= 4 is 5.78 Å². The summed E-state index contributed by atoms with van der Waals surface area (Å²) in [4.78, 5) is 11.8. The smallest absolute Gasteiger partial charge is 0.162 e. The van der Waals surface area contributed by atoms with Gasteiger partial charge in [-0.05, 0) is 32.1 Å². The highest BCUT2D eigenvalue weighted by molar-refractivity contribution is 5.95. The summed E-state index contributed by atoms with van der Waals surface area (Å²) < 4.78 is 5.65. The number of Topliss-reactive ketones (excluding diaryl/α,β-unsaturated/α-hetero) is 1. The van der Waals surface area contributed by atoms with E-state index < -0.39 is 0 Å². The highest BCUT2D eigenvalue weighted by atomic mass is 16.5. The van der Waals surface area contributed by atoms with Gasteiger partial charge in [0.2, 0.25) is 0 Å². The van der Waals surface area contributed by atoms with Crippen molar-refractivity contribution < 1.29 is 9.53 Å². The molecule has 1 atom stereocenters. The van der Waals surface area contributed by atoms with Gasteiger partial charge < -0.3 is 4.74 Å². The molecule has 0 N–H and O–H groups in total. The summed E-state index contributed by atoms with van der Waals surface area (Å²) in [5, 5.41) is 0. The van der Waals surface area contributed by atoms with Gasteiger partial charge in [0, 0.05) is 18.6 Å². The SMILES string of the molecule is O=C(CCCC1CCCCO1)c1ccccc1. The molecule has 1 aliphatic heterocycles. The normalized spacial score (nSPS) is 20.1. The van der Waals surface area contributed by atoms with Crippen LogP contribution in [0, 0.1) is 0 Å². The van der Waals surface area contributed by atoms with Crippen LogP contribution in [0.1, 0.15) is 48.9 Å². The highest BCUT2D eigenvalue weighted by Crippen LogP contribution is 2.18. The van der Waals surface area contributed by atoms with Crippen LogP contribution in [-0.4, -0.2) is 18.5 Å². The average Bonchev–Trinajstić information content (AvgIpc) is 2.41. The quantitative estimate of drug-likeness (QED) is 0.725. The summed E-state index contributed by atoms with van der Waals surface area (Å²) in [6.07, 6.45) is 6.64. The standard InChI is InChI=1S/C15H20O2/c16-15(13-7-2-1-3-8-13)11-6-10-14-9-4-5-12-17-14/h1-3,7-8,14H,4-6,9-12H2. The molecule has 0 bridgehead atoms. The molecule has 1 aliphatic rings. The first-order valence-electron chi connectivity index (χ1n) is 6.56. The molecule has 92 valence electrons. The molecule has 1 aromatic carbocycles. The van der Waals surface area contributed by atoms with E-state index in [1.807, 2.05) is 30.3 Å². The van der Waals surface area contributed by atoms with Crippen molar-refractivity contribution in [3.05, 3.63) is 35.9 Å². The van der Waals surface area contributed by atoms with Crippen molar-refractivity contribution in [2.45, 2.75) is 44.6 Å². The summed E-state index contributed by atoms with van der Waals surface area (Å²) in [6.45, 7) is 0.900. The average molecular weight is 232 g/mol. The minimum atomic E-state index is 0.251. The summed E-state index contributed by atoms with van der Waals surface area (Å²) >= 11 is 0. The number of ketones is 1. The van der Waals surface area contributed by atoms with Gasteiger partial charge in [-0.2, -0.15) is 0 Å². The van der Waals surface area contributed by atoms with Crippen LogP contribution in [0.4, 0.5) is 0 Å². The maximum absolute atomic E-state index is 11.8. The number of benzene rings is 1. The lowest BCUT2D eigenvalue weighted by molar-refractivity contribution is 0.0100. The fraction of sp³-hybridized carbons (Fsp3) is 0.533. The van der Waals surface area contributed by atoms with Crippen molar-refractivity contribution in [1.82, 2.24) is 0 Å². The van der Waals surface area contributed by atoms with Gasteiger partial charge in [-0.25, -0.2) is 0 Å². The largest absolute Gasteiger partial charge is 0.378 e. The van der Waals surface area contributed by atoms with Crippen LogP contribution in [-0.2, 0) is 4.74 Å². The van der Waals surface area contributed by atoms with Crippen LogP contribution in [0.15, 0.2) is 30.3 Å². The van der Waals surface area contributed by atoms with Crippen molar-refractivity contribution in [1.29, 1.82) is 0 Å². The van der Waals surface area contributed by atoms with Gasteiger partial charge in [0.15, 0.2) is 5.78 Å². The molecule has 1 aromatic rings. The van der Waals surface area contributed by atoms with E-state index in [9.17, 15) is 4.79 Å². The summed E-state index contributed by atoms with van der Waals surface area (Å²) in [6, 6.07) is 9.54. The fourth-order valence-corrected chi connectivity index (χ4v) is 2.29. The Balaban J connectivity index is 1.69. The van der Waals surface area contributed by atoms with E-state index in [1.54, 1.807) is 0 Å². The van der Waals surface area contributed by atoms with E-state index in [0.29, 0.717) is 12.5 Å². The molecule has 0 aromatic heterocycles. The molecule has 2 nitrogen and oxygen atoms in total. The number of hydrogen-bond donors (Lipinski definition) is 0. The lowest BCUT2D eigenvalue weighted by atomic mass is 10.0. The molecular weight excluding hydrogens is 212 g/mol. The van der Waals surface area contributed by atoms with Crippen molar-refractivity contribution in [2.75, 3.05) is 6.61 Å². The minimum absolute atomic E-state index is 0.251. The second kappa shape index (κ2) is 6.55. The predicted octanol–water partition coefficient (Wildman–Crippen LogP) is 3.61. The van der Waals surface area contributed by atoms with Crippen molar-refractivity contribution in [3.63, 3.8) is 0 Å². The molecule has 0 spiro atoms. The summed E-state index contributed by atoms with van der Waals surface area (Å²) in [5.74, 6) is 0.251. The molecule has 1 unspecified atom stereocenters. The van der Waals surface area contributed by atoms with Gasteiger partial charge in [-0.3, -0.25) is 4.79 Å². The zero-order valence-corrected chi connectivity index (χ0v) is 10.2. The molecule has 0 amide bonds. The zero-order chi connectivity index (χ0) is 11.9. The maximum atomic E-state index is 11.8. The Morgan fingerprint density at radius 3 is 2.76 bits per heavy atom. The van der Waals surface area contributed by atoms with E-state index in [0.717, 1.165) is 25.0 Å². The van der Waals surface area contributed by atoms with Crippen LogP contribution in [0.3, 0.4) is 0 Å². The van der Waals surface area contributed by atoms with E-state index in [4.69, 9.17) is 4.74 Å². The van der Waals surface area contributed by atoms with Gasteiger partial charge in [0.05, 0.1) is 6.10 Å². The lowest BCUT2D eigenvalue weighted by Crippen LogP contribution is -2.19. The molecule has 0 aliphatic carbocycles. The Morgan fingerprint density at radius 1 is 1.24 bits per heavy atom. The minimum Gasteiger partial charge on any atom is -0.378 e. The van der Waals surface area contributed by atoms with Crippen molar-refractivity contribution in [3.8, 4) is 0 Å². The summed E-state index contributed by atoms with van der Waals surface area (Å²) in [5.41, 5.74) is 0.831. The maximum Gasteiger partial charge on any atom is 0.162 e. The van der Waals surface area contributed by atoms with Crippen molar-refractivity contribution in [2.24, 2.45) is 0 Å². The third kappa shape index (κ3) is 3.97. The molecule has 0 saturated carbocycles. The third-order valence-corrected chi connectivity index (χ3v) is 3.30. The number of carbonyl (C=O) groups is 1. The Hall–Kier alpha value is -1.15. The monoisotopic (exact) mass is 232 g/mol. The zero-order valence-electron chi connectivity index (χ0n) is 10.2. The third-order valence-electron chi connectivity index (χ3n) is 3.30. The van der Waals surface area contributed by atoms with E-state index >= 15 is 0 Å². The van der Waals surface area contributed by atoms with E-state index in [-0.39, 0.29) is 5.78 Å². The van der Waals surface area contributed by atoms with Gasteiger partial charge in [0.1, 0.15) is 0 Å².